The van der Waals surface area contributed by atoms with Gasteiger partial charge in [0.05, 0.1) is 13.2 Å². The topological polar surface area (TPSA) is 131 Å². The minimum absolute atomic E-state index is 0.0621. The largest absolute Gasteiger partial charge is 0.472 e. The number of allylic oxidation sites excluding steroid dienone is 12. The monoisotopic (exact) mass is 651 g/mol. The number of amides is 1. The summed E-state index contributed by atoms with van der Waals surface area (Å²) in [5.41, 5.74) is 0. The van der Waals surface area contributed by atoms with Gasteiger partial charge in [-0.1, -0.05) is 99.6 Å². The second kappa shape index (κ2) is 31.4. The molecule has 0 aliphatic carbocycles. The number of carbonyl (C=O) groups is 2. The zero-order valence-corrected chi connectivity index (χ0v) is 28.4. The van der Waals surface area contributed by atoms with Crippen LogP contribution in [-0.2, 0) is 27.9 Å². The summed E-state index contributed by atoms with van der Waals surface area (Å²) in [7, 11) is -4.40. The molecule has 0 bridgehead atoms. The molecule has 0 saturated heterocycles. The van der Waals surface area contributed by atoms with E-state index in [2.05, 4.69) is 85.2 Å². The third kappa shape index (κ3) is 32.6. The van der Waals surface area contributed by atoms with Gasteiger partial charge in [0.25, 0.3) is 0 Å². The van der Waals surface area contributed by atoms with Crippen molar-refractivity contribution in [3.8, 4) is 0 Å². The summed E-state index contributed by atoms with van der Waals surface area (Å²) in [6.07, 6.45) is 37.2. The predicted octanol–water partition coefficient (Wildman–Crippen LogP) is 7.98. The van der Waals surface area contributed by atoms with Gasteiger partial charge in [-0.3, -0.25) is 18.6 Å². The molecular weight excluding hydrogens is 593 g/mol. The molecule has 0 aromatic carbocycles. The van der Waals surface area contributed by atoms with Crippen LogP contribution in [0, 0.1) is 0 Å². The molecule has 0 heterocycles. The van der Waals surface area contributed by atoms with E-state index in [4.69, 9.17) is 13.8 Å². The number of unbranched alkanes of at least 4 members (excludes halogenated alkanes) is 4. The first-order valence-corrected chi connectivity index (χ1v) is 17.9. The third-order valence-corrected chi connectivity index (χ3v) is 7.10. The standard InChI is InChI=1S/C35H58NO8P/c1-3-5-6-7-8-9-10-11-12-13-14-15-16-17-18-19-20-21-22-23-24-25-26-28-34(38)36-29-30-43-45(40,41)44-32-33(37)31-42-35(39)27-4-2/h5-6,8-9,11-12,14-15,17-18,20-21,33,37H,3-4,7,10,13,16,19,22-32H2,1-2H3,(H,36,38)(H,40,41)/b6-5-,9-8-,12-11-,15-14-,18-17-,21-20-. The van der Waals surface area contributed by atoms with Gasteiger partial charge in [-0.05, 0) is 64.2 Å². The molecule has 0 radical (unpaired) electrons. The number of nitrogens with one attached hydrogen (secondary N) is 1. The highest BCUT2D eigenvalue weighted by Gasteiger charge is 2.23. The molecule has 2 unspecified atom stereocenters. The van der Waals surface area contributed by atoms with Crippen molar-refractivity contribution in [2.45, 2.75) is 110 Å². The van der Waals surface area contributed by atoms with Gasteiger partial charge in [0.1, 0.15) is 12.7 Å². The summed E-state index contributed by atoms with van der Waals surface area (Å²) in [4.78, 5) is 32.9. The molecule has 256 valence electrons. The van der Waals surface area contributed by atoms with Gasteiger partial charge >= 0.3 is 13.8 Å². The maximum atomic E-state index is 11.9. The van der Waals surface area contributed by atoms with Gasteiger partial charge in [0.2, 0.25) is 5.91 Å². The first kappa shape index (κ1) is 42.5. The summed E-state index contributed by atoms with van der Waals surface area (Å²) in [5.74, 6) is -0.606. The fourth-order valence-corrected chi connectivity index (χ4v) is 4.47. The second-order valence-electron chi connectivity index (χ2n) is 10.4. The van der Waals surface area contributed by atoms with Crippen LogP contribution < -0.4 is 5.32 Å². The van der Waals surface area contributed by atoms with Crippen LogP contribution in [0.25, 0.3) is 0 Å². The smallest absolute Gasteiger partial charge is 0.463 e. The number of carbonyl (C=O) groups excluding carboxylic acids is 2. The van der Waals surface area contributed by atoms with Crippen molar-refractivity contribution in [1.82, 2.24) is 5.32 Å². The minimum Gasteiger partial charge on any atom is -0.463 e. The number of hydrogen-bond acceptors (Lipinski definition) is 7. The Hall–Kier alpha value is -2.55. The molecule has 0 spiro atoms. The Morgan fingerprint density at radius 2 is 1.24 bits per heavy atom. The highest BCUT2D eigenvalue weighted by molar-refractivity contribution is 7.47. The third-order valence-electron chi connectivity index (χ3n) is 6.12. The summed E-state index contributed by atoms with van der Waals surface area (Å²) in [6, 6.07) is 0. The lowest BCUT2D eigenvalue weighted by Crippen LogP contribution is -2.27. The van der Waals surface area contributed by atoms with E-state index in [1.54, 1.807) is 0 Å². The first-order valence-electron chi connectivity index (χ1n) is 16.4. The van der Waals surface area contributed by atoms with Crippen LogP contribution >= 0.6 is 7.82 Å². The highest BCUT2D eigenvalue weighted by Crippen LogP contribution is 2.42. The lowest BCUT2D eigenvalue weighted by molar-refractivity contribution is -0.147. The van der Waals surface area contributed by atoms with Crippen molar-refractivity contribution in [3.05, 3.63) is 72.9 Å². The second-order valence-corrected chi connectivity index (χ2v) is 11.9. The number of aliphatic hydroxyl groups excluding tert-OH is 1. The first-order chi connectivity index (χ1) is 21.8. The highest BCUT2D eigenvalue weighted by atomic mass is 31.2. The van der Waals surface area contributed by atoms with E-state index in [9.17, 15) is 24.2 Å². The van der Waals surface area contributed by atoms with Crippen molar-refractivity contribution in [2.24, 2.45) is 0 Å². The molecule has 0 saturated carbocycles. The van der Waals surface area contributed by atoms with Gasteiger partial charge in [-0.25, -0.2) is 4.57 Å². The molecule has 9 nitrogen and oxygen atoms in total. The minimum atomic E-state index is -4.40. The van der Waals surface area contributed by atoms with Crippen LogP contribution in [0.3, 0.4) is 0 Å². The number of hydrogen-bond donors (Lipinski definition) is 3. The molecule has 0 aromatic rings. The SMILES string of the molecule is CC/C=C\C/C=C\C/C=C\C/C=C\C/C=C\C/C=C\CCCCCCC(=O)NCCOP(=O)(O)OCC(O)COC(=O)CCC. The fourth-order valence-electron chi connectivity index (χ4n) is 3.71. The fraction of sp³-hybridized carbons (Fsp3) is 0.600. The van der Waals surface area contributed by atoms with E-state index in [1.165, 1.54) is 0 Å². The summed E-state index contributed by atoms with van der Waals surface area (Å²) in [5, 5.41) is 12.3. The molecule has 0 aliphatic rings. The Morgan fingerprint density at radius 1 is 0.711 bits per heavy atom. The van der Waals surface area contributed by atoms with Crippen LogP contribution in [0.4, 0.5) is 0 Å². The molecule has 0 rings (SSSR count). The van der Waals surface area contributed by atoms with Crippen LogP contribution in [0.2, 0.25) is 0 Å². The zero-order valence-electron chi connectivity index (χ0n) is 27.5. The van der Waals surface area contributed by atoms with Crippen LogP contribution in [0.1, 0.15) is 104 Å². The van der Waals surface area contributed by atoms with Gasteiger partial charge in [-0.15, -0.1) is 0 Å². The summed E-state index contributed by atoms with van der Waals surface area (Å²) < 4.78 is 26.1. The number of ether oxygens (including phenoxy) is 1. The molecule has 10 heteroatoms. The van der Waals surface area contributed by atoms with Crippen LogP contribution in [0.15, 0.2) is 72.9 Å². The number of rotatable bonds is 29. The normalized spacial score (nSPS) is 14.5. The number of phosphoric ester groups is 1. The van der Waals surface area contributed by atoms with E-state index >= 15 is 0 Å². The van der Waals surface area contributed by atoms with Crippen molar-refractivity contribution in [2.75, 3.05) is 26.4 Å². The van der Waals surface area contributed by atoms with Gasteiger partial charge in [0, 0.05) is 19.4 Å². The number of aliphatic hydroxyl groups is 1. The van der Waals surface area contributed by atoms with E-state index in [1.807, 2.05) is 6.92 Å². The Bertz CT molecular complexity index is 971. The van der Waals surface area contributed by atoms with E-state index in [0.29, 0.717) is 12.8 Å². The molecule has 0 aliphatic heterocycles. The Labute approximate surface area is 271 Å². The van der Waals surface area contributed by atoms with Crippen LogP contribution in [-0.4, -0.2) is 54.3 Å². The summed E-state index contributed by atoms with van der Waals surface area (Å²) in [6.45, 7) is 2.95. The van der Waals surface area contributed by atoms with Crippen LogP contribution in [0.5, 0.6) is 0 Å². The molecule has 0 fully saturated rings. The van der Waals surface area contributed by atoms with Gasteiger partial charge in [0.15, 0.2) is 0 Å². The van der Waals surface area contributed by atoms with E-state index in [-0.39, 0.29) is 32.1 Å². The summed E-state index contributed by atoms with van der Waals surface area (Å²) >= 11 is 0. The Kier molecular flexibility index (Phi) is 29.7. The van der Waals surface area contributed by atoms with E-state index < -0.39 is 26.5 Å². The van der Waals surface area contributed by atoms with E-state index in [0.717, 1.165) is 70.6 Å². The number of phosphoric acid groups is 1. The molecular formula is C35H58NO8P. The van der Waals surface area contributed by atoms with Crippen molar-refractivity contribution in [1.29, 1.82) is 0 Å². The van der Waals surface area contributed by atoms with Crippen molar-refractivity contribution < 1.29 is 37.9 Å². The Morgan fingerprint density at radius 3 is 1.80 bits per heavy atom. The van der Waals surface area contributed by atoms with Crippen molar-refractivity contribution in [3.63, 3.8) is 0 Å². The molecule has 1 amide bonds. The predicted molar refractivity (Wildman–Crippen MR) is 183 cm³/mol. The maximum Gasteiger partial charge on any atom is 0.472 e. The van der Waals surface area contributed by atoms with Gasteiger partial charge < -0.3 is 20.1 Å². The lowest BCUT2D eigenvalue weighted by atomic mass is 10.1. The average molecular weight is 652 g/mol. The van der Waals surface area contributed by atoms with Crippen molar-refractivity contribution >= 4 is 19.7 Å². The average Bonchev–Trinajstić information content (AvgIpc) is 3.01. The lowest BCUT2D eigenvalue weighted by Gasteiger charge is -2.15. The molecule has 45 heavy (non-hydrogen) atoms. The molecule has 0 aromatic heterocycles. The van der Waals surface area contributed by atoms with Gasteiger partial charge in [-0.2, -0.15) is 0 Å². The molecule has 3 N–H and O–H groups in total. The quantitative estimate of drug-likeness (QED) is 0.0321. The maximum absolute atomic E-state index is 11.9. The number of esters is 1. The molecule has 2 atom stereocenters. The zero-order chi connectivity index (χ0) is 33.3. The Balaban J connectivity index is 3.66.